The molecular formula is C15H27N3. The third-order valence-corrected chi connectivity index (χ3v) is 3.05. The smallest absolute Gasteiger partial charge is 0.0543 e. The van der Waals surface area contributed by atoms with Gasteiger partial charge in [-0.1, -0.05) is 25.8 Å². The first-order valence-corrected chi connectivity index (χ1v) is 7.12. The van der Waals surface area contributed by atoms with Crippen molar-refractivity contribution in [2.45, 2.75) is 39.2 Å². The topological polar surface area (TPSA) is 28.2 Å². The molecule has 3 heteroatoms. The number of nitrogens with one attached hydrogen (secondary N) is 1. The Morgan fingerprint density at radius 2 is 2.00 bits per heavy atom. The number of unbranched alkanes of at least 4 members (excludes halogenated alkanes) is 3. The van der Waals surface area contributed by atoms with Gasteiger partial charge < -0.3 is 10.2 Å². The van der Waals surface area contributed by atoms with Gasteiger partial charge in [0.2, 0.25) is 0 Å². The van der Waals surface area contributed by atoms with Crippen molar-refractivity contribution in [2.75, 3.05) is 26.7 Å². The molecule has 0 unspecified atom stereocenters. The van der Waals surface area contributed by atoms with Crippen LogP contribution in [0.4, 0.5) is 0 Å². The molecule has 3 nitrogen and oxygen atoms in total. The Bertz CT molecular complexity index is 287. The Kier molecular flexibility index (Phi) is 8.43. The van der Waals surface area contributed by atoms with Crippen LogP contribution in [0.3, 0.4) is 0 Å². The van der Waals surface area contributed by atoms with E-state index in [1.54, 1.807) is 0 Å². The molecule has 0 aromatic carbocycles. The molecule has 1 aromatic heterocycles. The van der Waals surface area contributed by atoms with Crippen LogP contribution in [0.15, 0.2) is 24.4 Å². The standard InChI is InChI=1S/C15H27N3/c1-3-16-11-7-4-5-9-13-18(2)14-15-10-6-8-12-17-15/h6,8,10,12,16H,3-5,7,9,11,13-14H2,1-2H3. The highest BCUT2D eigenvalue weighted by Crippen LogP contribution is 2.03. The molecule has 1 N–H and O–H groups in total. The van der Waals surface area contributed by atoms with E-state index in [-0.39, 0.29) is 0 Å². The minimum Gasteiger partial charge on any atom is -0.317 e. The first kappa shape index (κ1) is 15.1. The van der Waals surface area contributed by atoms with E-state index in [0.717, 1.165) is 25.3 Å². The van der Waals surface area contributed by atoms with Gasteiger partial charge in [0.1, 0.15) is 0 Å². The summed E-state index contributed by atoms with van der Waals surface area (Å²) in [5, 5.41) is 3.36. The van der Waals surface area contributed by atoms with Crippen molar-refractivity contribution < 1.29 is 0 Å². The van der Waals surface area contributed by atoms with Crippen molar-refractivity contribution in [1.82, 2.24) is 15.2 Å². The Balaban J connectivity index is 1.99. The van der Waals surface area contributed by atoms with E-state index in [1.807, 2.05) is 12.3 Å². The van der Waals surface area contributed by atoms with Crippen LogP contribution in [-0.4, -0.2) is 36.6 Å². The monoisotopic (exact) mass is 249 g/mol. The van der Waals surface area contributed by atoms with Crippen molar-refractivity contribution in [3.05, 3.63) is 30.1 Å². The summed E-state index contributed by atoms with van der Waals surface area (Å²) in [6.45, 7) is 6.54. The van der Waals surface area contributed by atoms with Gasteiger partial charge in [0.15, 0.2) is 0 Å². The summed E-state index contributed by atoms with van der Waals surface area (Å²) in [4.78, 5) is 6.70. The lowest BCUT2D eigenvalue weighted by Gasteiger charge is -2.15. The van der Waals surface area contributed by atoms with E-state index in [1.165, 1.54) is 32.2 Å². The average molecular weight is 249 g/mol. The normalized spacial score (nSPS) is 11.1. The average Bonchev–Trinajstić information content (AvgIpc) is 2.39. The molecule has 0 saturated heterocycles. The second kappa shape index (κ2) is 10.0. The first-order chi connectivity index (χ1) is 8.83. The number of pyridine rings is 1. The molecule has 0 aliphatic rings. The lowest BCUT2D eigenvalue weighted by atomic mass is 10.2. The van der Waals surface area contributed by atoms with Gasteiger partial charge in [-0.3, -0.25) is 4.98 Å². The van der Waals surface area contributed by atoms with E-state index in [0.29, 0.717) is 0 Å². The second-order valence-corrected chi connectivity index (χ2v) is 4.83. The van der Waals surface area contributed by atoms with Crippen LogP contribution in [0, 0.1) is 0 Å². The van der Waals surface area contributed by atoms with E-state index in [9.17, 15) is 0 Å². The number of rotatable bonds is 10. The molecule has 0 radical (unpaired) electrons. The highest BCUT2D eigenvalue weighted by molar-refractivity contribution is 5.02. The maximum absolute atomic E-state index is 4.35. The molecule has 18 heavy (non-hydrogen) atoms. The minimum absolute atomic E-state index is 0.957. The molecule has 0 saturated carbocycles. The van der Waals surface area contributed by atoms with Crippen LogP contribution < -0.4 is 5.32 Å². The molecule has 1 aromatic rings. The zero-order valence-corrected chi connectivity index (χ0v) is 11.9. The predicted octanol–water partition coefficient (Wildman–Crippen LogP) is 2.68. The van der Waals surface area contributed by atoms with Gasteiger partial charge in [-0.05, 0) is 51.7 Å². The molecule has 1 rings (SSSR count). The molecule has 0 aliphatic heterocycles. The van der Waals surface area contributed by atoms with Gasteiger partial charge in [-0.15, -0.1) is 0 Å². The van der Waals surface area contributed by atoms with E-state index < -0.39 is 0 Å². The summed E-state index contributed by atoms with van der Waals surface area (Å²) in [5.74, 6) is 0. The zero-order chi connectivity index (χ0) is 13.1. The SMILES string of the molecule is CCNCCCCCCN(C)Cc1ccccn1. The van der Waals surface area contributed by atoms with Gasteiger partial charge in [-0.2, -0.15) is 0 Å². The molecular weight excluding hydrogens is 222 g/mol. The number of hydrogen-bond acceptors (Lipinski definition) is 3. The molecule has 102 valence electrons. The second-order valence-electron chi connectivity index (χ2n) is 4.83. The van der Waals surface area contributed by atoms with E-state index in [2.05, 4.69) is 41.3 Å². The van der Waals surface area contributed by atoms with Crippen molar-refractivity contribution in [3.8, 4) is 0 Å². The molecule has 0 fully saturated rings. The van der Waals surface area contributed by atoms with E-state index >= 15 is 0 Å². The molecule has 1 heterocycles. The Morgan fingerprint density at radius 3 is 2.72 bits per heavy atom. The lowest BCUT2D eigenvalue weighted by Crippen LogP contribution is -2.19. The van der Waals surface area contributed by atoms with Gasteiger partial charge in [0.25, 0.3) is 0 Å². The third kappa shape index (κ3) is 7.41. The fourth-order valence-electron chi connectivity index (χ4n) is 2.01. The van der Waals surface area contributed by atoms with Crippen LogP contribution in [0.2, 0.25) is 0 Å². The maximum Gasteiger partial charge on any atom is 0.0543 e. The summed E-state index contributed by atoms with van der Waals surface area (Å²) in [6, 6.07) is 6.11. The number of hydrogen-bond donors (Lipinski definition) is 1. The van der Waals surface area contributed by atoms with Crippen LogP contribution in [0.5, 0.6) is 0 Å². The zero-order valence-electron chi connectivity index (χ0n) is 11.9. The van der Waals surface area contributed by atoms with Gasteiger partial charge in [-0.25, -0.2) is 0 Å². The summed E-state index contributed by atoms with van der Waals surface area (Å²) in [7, 11) is 2.17. The van der Waals surface area contributed by atoms with Crippen LogP contribution in [-0.2, 0) is 6.54 Å². The van der Waals surface area contributed by atoms with Gasteiger partial charge in [0.05, 0.1) is 5.69 Å². The summed E-state index contributed by atoms with van der Waals surface area (Å²) in [6.07, 6.45) is 7.12. The van der Waals surface area contributed by atoms with Crippen molar-refractivity contribution in [2.24, 2.45) is 0 Å². The van der Waals surface area contributed by atoms with Gasteiger partial charge in [0, 0.05) is 12.7 Å². The minimum atomic E-state index is 0.957. The van der Waals surface area contributed by atoms with Crippen LogP contribution >= 0.6 is 0 Å². The fourth-order valence-corrected chi connectivity index (χ4v) is 2.01. The Hall–Kier alpha value is -0.930. The number of nitrogens with zero attached hydrogens (tertiary/aromatic N) is 2. The lowest BCUT2D eigenvalue weighted by molar-refractivity contribution is 0.313. The highest BCUT2D eigenvalue weighted by atomic mass is 15.1. The molecule has 0 aliphatic carbocycles. The van der Waals surface area contributed by atoms with Crippen molar-refractivity contribution in [3.63, 3.8) is 0 Å². The number of aromatic nitrogens is 1. The van der Waals surface area contributed by atoms with E-state index in [4.69, 9.17) is 0 Å². The Labute approximate surface area is 112 Å². The third-order valence-electron chi connectivity index (χ3n) is 3.05. The van der Waals surface area contributed by atoms with Crippen molar-refractivity contribution in [1.29, 1.82) is 0 Å². The summed E-state index contributed by atoms with van der Waals surface area (Å²) < 4.78 is 0. The quantitative estimate of drug-likeness (QED) is 0.646. The molecule has 0 atom stereocenters. The molecule has 0 amide bonds. The highest BCUT2D eigenvalue weighted by Gasteiger charge is 2.00. The van der Waals surface area contributed by atoms with Crippen LogP contribution in [0.1, 0.15) is 38.3 Å². The van der Waals surface area contributed by atoms with Gasteiger partial charge >= 0.3 is 0 Å². The van der Waals surface area contributed by atoms with Crippen LogP contribution in [0.25, 0.3) is 0 Å². The Morgan fingerprint density at radius 1 is 1.17 bits per heavy atom. The largest absolute Gasteiger partial charge is 0.317 e. The fraction of sp³-hybridized carbons (Fsp3) is 0.667. The molecule has 0 spiro atoms. The summed E-state index contributed by atoms with van der Waals surface area (Å²) in [5.41, 5.74) is 1.16. The summed E-state index contributed by atoms with van der Waals surface area (Å²) >= 11 is 0. The molecule has 0 bridgehead atoms. The van der Waals surface area contributed by atoms with Crippen molar-refractivity contribution >= 4 is 0 Å². The first-order valence-electron chi connectivity index (χ1n) is 7.12. The predicted molar refractivity (Wildman–Crippen MR) is 77.6 cm³/mol. The maximum atomic E-state index is 4.35.